The SMILES string of the molecule is CCCC(=O)Nc1cccc(CNC(=NC)NCC2CCCOC2c2ccc(C)cc2)c1.I. The van der Waals surface area contributed by atoms with Crippen LogP contribution < -0.4 is 16.0 Å². The van der Waals surface area contributed by atoms with Gasteiger partial charge in [0.05, 0.1) is 6.10 Å². The summed E-state index contributed by atoms with van der Waals surface area (Å²) in [5.74, 6) is 1.20. The first-order chi connectivity index (χ1) is 15.6. The predicted molar refractivity (Wildman–Crippen MR) is 146 cm³/mol. The summed E-state index contributed by atoms with van der Waals surface area (Å²) in [5.41, 5.74) is 4.41. The molecule has 0 radical (unpaired) electrons. The highest BCUT2D eigenvalue weighted by Gasteiger charge is 2.27. The number of nitrogens with zero attached hydrogens (tertiary/aromatic N) is 1. The second kappa shape index (κ2) is 14.2. The molecule has 7 heteroatoms. The van der Waals surface area contributed by atoms with Crippen molar-refractivity contribution in [3.05, 3.63) is 65.2 Å². The van der Waals surface area contributed by atoms with Gasteiger partial charge in [0.25, 0.3) is 0 Å². The lowest BCUT2D eigenvalue weighted by molar-refractivity contribution is -0.116. The van der Waals surface area contributed by atoms with Crippen LogP contribution in [0.15, 0.2) is 53.5 Å². The van der Waals surface area contributed by atoms with Crippen LogP contribution in [0.25, 0.3) is 0 Å². The monoisotopic (exact) mass is 564 g/mol. The molecular weight excluding hydrogens is 527 g/mol. The number of amides is 1. The van der Waals surface area contributed by atoms with Crippen molar-refractivity contribution in [2.24, 2.45) is 10.9 Å². The number of halogens is 1. The zero-order valence-electron chi connectivity index (χ0n) is 19.9. The number of rotatable bonds is 8. The zero-order chi connectivity index (χ0) is 22.8. The minimum atomic E-state index is 0. The van der Waals surface area contributed by atoms with Gasteiger partial charge >= 0.3 is 0 Å². The van der Waals surface area contributed by atoms with Gasteiger partial charge in [-0.3, -0.25) is 9.79 Å². The molecule has 1 fully saturated rings. The third kappa shape index (κ3) is 8.62. The highest BCUT2D eigenvalue weighted by atomic mass is 127. The van der Waals surface area contributed by atoms with Gasteiger partial charge in [-0.2, -0.15) is 0 Å². The number of anilines is 1. The molecule has 1 amide bonds. The van der Waals surface area contributed by atoms with Gasteiger partial charge in [0.1, 0.15) is 0 Å². The van der Waals surface area contributed by atoms with Crippen molar-refractivity contribution in [3.8, 4) is 0 Å². The van der Waals surface area contributed by atoms with Gasteiger partial charge in [-0.15, -0.1) is 24.0 Å². The number of nitrogens with one attached hydrogen (secondary N) is 3. The van der Waals surface area contributed by atoms with Crippen molar-refractivity contribution >= 4 is 41.5 Å². The molecule has 1 saturated heterocycles. The lowest BCUT2D eigenvalue weighted by Crippen LogP contribution is -2.41. The first-order valence-electron chi connectivity index (χ1n) is 11.6. The molecule has 1 aliphatic heterocycles. The van der Waals surface area contributed by atoms with Crippen molar-refractivity contribution in [2.45, 2.75) is 52.2 Å². The number of aliphatic imine (C=N–C) groups is 1. The van der Waals surface area contributed by atoms with Gasteiger partial charge in [-0.25, -0.2) is 0 Å². The predicted octanol–water partition coefficient (Wildman–Crippen LogP) is 5.18. The van der Waals surface area contributed by atoms with Crippen LogP contribution in [0.2, 0.25) is 0 Å². The van der Waals surface area contributed by atoms with Crippen LogP contribution in [0, 0.1) is 12.8 Å². The molecule has 1 heterocycles. The molecule has 0 saturated carbocycles. The Balaban J connectivity index is 0.00000385. The highest BCUT2D eigenvalue weighted by molar-refractivity contribution is 14.0. The number of guanidine groups is 1. The fourth-order valence-corrected chi connectivity index (χ4v) is 4.02. The number of ether oxygens (including phenoxy) is 1. The van der Waals surface area contributed by atoms with Crippen LogP contribution in [-0.4, -0.2) is 32.1 Å². The van der Waals surface area contributed by atoms with E-state index in [1.807, 2.05) is 31.2 Å². The summed E-state index contributed by atoms with van der Waals surface area (Å²) in [6.07, 6.45) is 3.69. The van der Waals surface area contributed by atoms with E-state index in [0.717, 1.165) is 49.6 Å². The molecule has 3 rings (SSSR count). The van der Waals surface area contributed by atoms with Crippen molar-refractivity contribution < 1.29 is 9.53 Å². The van der Waals surface area contributed by atoms with Crippen LogP contribution in [0.4, 0.5) is 5.69 Å². The second-order valence-electron chi connectivity index (χ2n) is 8.41. The van der Waals surface area contributed by atoms with E-state index in [4.69, 9.17) is 4.74 Å². The molecule has 2 atom stereocenters. The average molecular weight is 565 g/mol. The molecule has 2 unspecified atom stereocenters. The number of hydrogen-bond donors (Lipinski definition) is 3. The first kappa shape index (κ1) is 27.1. The molecule has 3 N–H and O–H groups in total. The van der Waals surface area contributed by atoms with Gasteiger partial charge < -0.3 is 20.7 Å². The van der Waals surface area contributed by atoms with Crippen LogP contribution in [0.1, 0.15) is 55.4 Å². The molecule has 0 aromatic heterocycles. The quantitative estimate of drug-likeness (QED) is 0.235. The maximum atomic E-state index is 11.9. The van der Waals surface area contributed by atoms with Crippen LogP contribution in [0.3, 0.4) is 0 Å². The highest BCUT2D eigenvalue weighted by Crippen LogP contribution is 2.33. The van der Waals surface area contributed by atoms with Gasteiger partial charge in [-0.05, 0) is 49.4 Å². The first-order valence-corrected chi connectivity index (χ1v) is 11.6. The number of hydrogen-bond acceptors (Lipinski definition) is 3. The van der Waals surface area contributed by atoms with Crippen molar-refractivity contribution in [3.63, 3.8) is 0 Å². The van der Waals surface area contributed by atoms with E-state index in [1.165, 1.54) is 11.1 Å². The number of benzene rings is 2. The Morgan fingerprint density at radius 3 is 2.67 bits per heavy atom. The molecule has 0 aliphatic carbocycles. The molecule has 0 bridgehead atoms. The molecule has 2 aromatic carbocycles. The summed E-state index contributed by atoms with van der Waals surface area (Å²) in [4.78, 5) is 16.2. The van der Waals surface area contributed by atoms with Gasteiger partial charge in [0.2, 0.25) is 5.91 Å². The third-order valence-electron chi connectivity index (χ3n) is 5.75. The average Bonchev–Trinajstić information content (AvgIpc) is 2.80. The summed E-state index contributed by atoms with van der Waals surface area (Å²) < 4.78 is 6.14. The standard InChI is InChI=1S/C26H36N4O2.HI/c1-4-7-24(31)30-23-10-5-8-20(16-23)17-28-26(27-3)29-18-22-9-6-15-32-25(22)21-13-11-19(2)12-14-21;/h5,8,10-14,16,22,25H,4,6-7,9,15,17-18H2,1-3H3,(H,30,31)(H2,27,28,29);1H. The smallest absolute Gasteiger partial charge is 0.224 e. The lowest BCUT2D eigenvalue weighted by Gasteiger charge is -2.32. The second-order valence-corrected chi connectivity index (χ2v) is 8.41. The van der Waals surface area contributed by atoms with E-state index in [2.05, 4.69) is 52.1 Å². The summed E-state index contributed by atoms with van der Waals surface area (Å²) in [6.45, 7) is 6.34. The maximum absolute atomic E-state index is 11.9. The number of carbonyl (C=O) groups is 1. The van der Waals surface area contributed by atoms with Gasteiger partial charge in [0.15, 0.2) is 5.96 Å². The Kier molecular flexibility index (Phi) is 11.7. The van der Waals surface area contributed by atoms with Crippen LogP contribution in [-0.2, 0) is 16.1 Å². The van der Waals surface area contributed by atoms with Crippen LogP contribution >= 0.6 is 24.0 Å². The molecule has 180 valence electrons. The summed E-state index contributed by atoms with van der Waals surface area (Å²) in [7, 11) is 1.78. The Morgan fingerprint density at radius 2 is 1.94 bits per heavy atom. The molecule has 6 nitrogen and oxygen atoms in total. The Hall–Kier alpha value is -2.13. The van der Waals surface area contributed by atoms with E-state index in [9.17, 15) is 4.79 Å². The summed E-state index contributed by atoms with van der Waals surface area (Å²) >= 11 is 0. The summed E-state index contributed by atoms with van der Waals surface area (Å²) in [6, 6.07) is 16.6. The van der Waals surface area contributed by atoms with E-state index in [-0.39, 0.29) is 36.0 Å². The topological polar surface area (TPSA) is 74.8 Å². The summed E-state index contributed by atoms with van der Waals surface area (Å²) in [5, 5.41) is 9.80. The maximum Gasteiger partial charge on any atom is 0.224 e. The fourth-order valence-electron chi connectivity index (χ4n) is 4.02. The van der Waals surface area contributed by atoms with Crippen molar-refractivity contribution in [1.29, 1.82) is 0 Å². The van der Waals surface area contributed by atoms with Gasteiger partial charge in [0, 0.05) is 44.8 Å². The van der Waals surface area contributed by atoms with Crippen molar-refractivity contribution in [2.75, 3.05) is 25.5 Å². The minimum absolute atomic E-state index is 0. The van der Waals surface area contributed by atoms with E-state index in [0.29, 0.717) is 18.9 Å². The Labute approximate surface area is 215 Å². The largest absolute Gasteiger partial charge is 0.373 e. The zero-order valence-corrected chi connectivity index (χ0v) is 22.2. The Bertz CT molecular complexity index is 901. The van der Waals surface area contributed by atoms with Crippen molar-refractivity contribution in [1.82, 2.24) is 10.6 Å². The van der Waals surface area contributed by atoms with Crippen LogP contribution in [0.5, 0.6) is 0 Å². The normalized spacial score (nSPS) is 18.2. The molecule has 33 heavy (non-hydrogen) atoms. The molecule has 2 aromatic rings. The fraction of sp³-hybridized carbons (Fsp3) is 0.462. The minimum Gasteiger partial charge on any atom is -0.373 e. The number of aryl methyl sites for hydroxylation is 1. The van der Waals surface area contributed by atoms with E-state index < -0.39 is 0 Å². The van der Waals surface area contributed by atoms with E-state index >= 15 is 0 Å². The molecular formula is C26H37IN4O2. The Morgan fingerprint density at radius 1 is 1.15 bits per heavy atom. The molecule has 0 spiro atoms. The molecule has 1 aliphatic rings. The third-order valence-corrected chi connectivity index (χ3v) is 5.75. The number of carbonyl (C=O) groups excluding carboxylic acids is 1. The lowest BCUT2D eigenvalue weighted by atomic mass is 9.89. The van der Waals surface area contributed by atoms with E-state index in [1.54, 1.807) is 7.05 Å². The van der Waals surface area contributed by atoms with Gasteiger partial charge in [-0.1, -0.05) is 48.9 Å².